The molecular weight excluding hydrogens is 330 g/mol. The lowest BCUT2D eigenvalue weighted by atomic mass is 10.0. The second kappa shape index (κ2) is 6.83. The van der Waals surface area contributed by atoms with Crippen LogP contribution in [0.4, 0.5) is 10.6 Å². The van der Waals surface area contributed by atoms with Gasteiger partial charge in [-0.25, -0.2) is 4.79 Å². The lowest BCUT2D eigenvalue weighted by Gasteiger charge is -2.28. The number of ether oxygens (including phenoxy) is 3. The molecule has 0 aliphatic carbocycles. The maximum absolute atomic E-state index is 12.3. The van der Waals surface area contributed by atoms with Gasteiger partial charge in [-0.2, -0.15) is 0 Å². The molecule has 2 heterocycles. The Morgan fingerprint density at radius 3 is 2.72 bits per heavy atom. The molecule has 138 valence electrons. The van der Waals surface area contributed by atoms with Crippen molar-refractivity contribution in [2.24, 2.45) is 0 Å². The van der Waals surface area contributed by atoms with Crippen molar-refractivity contribution < 1.29 is 23.9 Å². The highest BCUT2D eigenvalue weighted by Gasteiger charge is 2.48. The lowest BCUT2D eigenvalue weighted by molar-refractivity contribution is -0.390. The van der Waals surface area contributed by atoms with E-state index < -0.39 is 28.3 Å². The molecule has 2 atom stereocenters. The van der Waals surface area contributed by atoms with Crippen LogP contribution in [0.1, 0.15) is 27.7 Å². The number of nitrogens with zero attached hydrogens (tertiary/aromatic N) is 3. The number of aromatic nitrogens is 1. The Kier molecular flexibility index (Phi) is 5.17. The maximum Gasteiger partial charge on any atom is 0.410 e. The average molecular weight is 353 g/mol. The number of rotatable bonds is 4. The molecule has 9 nitrogen and oxygen atoms in total. The molecular formula is C16H23N3O6. The Bertz CT molecular complexity index is 660. The smallest absolute Gasteiger partial charge is 0.410 e. The molecule has 25 heavy (non-hydrogen) atoms. The molecule has 2 rings (SSSR count). The Morgan fingerprint density at radius 1 is 1.48 bits per heavy atom. The Morgan fingerprint density at radius 2 is 2.16 bits per heavy atom. The highest BCUT2D eigenvalue weighted by Crippen LogP contribution is 2.32. The zero-order chi connectivity index (χ0) is 18.8. The molecule has 1 saturated heterocycles. The van der Waals surface area contributed by atoms with Crippen LogP contribution in [0, 0.1) is 10.1 Å². The van der Waals surface area contributed by atoms with E-state index in [0.717, 1.165) is 0 Å². The standard InChI is InChI=1S/C16H23N3O6/c1-15(2,3)25-14(20)18-9-12(16(4,10-18)23-5)24-11-7-6-8-17-13(11)19(21)22/h6-8,12H,9-10H2,1-5H3. The van der Waals surface area contributed by atoms with Crippen LogP contribution >= 0.6 is 0 Å². The minimum absolute atomic E-state index is 0.0341. The molecule has 0 saturated carbocycles. The van der Waals surface area contributed by atoms with Crippen LogP contribution in [-0.2, 0) is 9.47 Å². The molecule has 0 radical (unpaired) electrons. The van der Waals surface area contributed by atoms with Crippen LogP contribution in [0.25, 0.3) is 0 Å². The number of hydrogen-bond donors (Lipinski definition) is 0. The van der Waals surface area contributed by atoms with Crippen molar-refractivity contribution in [1.82, 2.24) is 9.88 Å². The average Bonchev–Trinajstić information content (AvgIpc) is 2.84. The van der Waals surface area contributed by atoms with Gasteiger partial charge in [0.25, 0.3) is 0 Å². The summed E-state index contributed by atoms with van der Waals surface area (Å²) in [5, 5.41) is 11.1. The van der Waals surface area contributed by atoms with Crippen LogP contribution in [0.5, 0.6) is 5.75 Å². The predicted molar refractivity (Wildman–Crippen MR) is 88.5 cm³/mol. The first-order chi connectivity index (χ1) is 11.6. The van der Waals surface area contributed by atoms with Crippen LogP contribution in [0.3, 0.4) is 0 Å². The number of pyridine rings is 1. The minimum Gasteiger partial charge on any atom is -0.477 e. The van der Waals surface area contributed by atoms with Crippen molar-refractivity contribution >= 4 is 11.9 Å². The first kappa shape index (κ1) is 18.9. The normalized spacial score (nSPS) is 23.4. The monoisotopic (exact) mass is 353 g/mol. The first-order valence-corrected chi connectivity index (χ1v) is 7.85. The van der Waals surface area contributed by atoms with Crippen molar-refractivity contribution in [1.29, 1.82) is 0 Å². The molecule has 0 aromatic carbocycles. The van der Waals surface area contributed by atoms with Gasteiger partial charge in [-0.1, -0.05) is 0 Å². The van der Waals surface area contributed by atoms with Crippen molar-refractivity contribution in [2.45, 2.75) is 45.0 Å². The van der Waals surface area contributed by atoms with Gasteiger partial charge in [0.2, 0.25) is 5.75 Å². The number of likely N-dealkylation sites (tertiary alicyclic amines) is 1. The molecule has 1 fully saturated rings. The summed E-state index contributed by atoms with van der Waals surface area (Å²) in [7, 11) is 1.51. The van der Waals surface area contributed by atoms with Crippen molar-refractivity contribution in [2.75, 3.05) is 20.2 Å². The van der Waals surface area contributed by atoms with Crippen molar-refractivity contribution in [3.8, 4) is 5.75 Å². The van der Waals surface area contributed by atoms with E-state index >= 15 is 0 Å². The van der Waals surface area contributed by atoms with Gasteiger partial charge >= 0.3 is 11.9 Å². The van der Waals surface area contributed by atoms with Gasteiger partial charge in [0, 0.05) is 7.11 Å². The van der Waals surface area contributed by atoms with Crippen LogP contribution in [0.15, 0.2) is 18.3 Å². The quantitative estimate of drug-likeness (QED) is 0.604. The fourth-order valence-corrected chi connectivity index (χ4v) is 2.53. The second-order valence-corrected chi connectivity index (χ2v) is 7.07. The number of hydrogen-bond acceptors (Lipinski definition) is 7. The third-order valence-corrected chi connectivity index (χ3v) is 3.88. The minimum atomic E-state index is -0.833. The molecule has 0 N–H and O–H groups in total. The van der Waals surface area contributed by atoms with E-state index in [0.29, 0.717) is 0 Å². The molecule has 1 amide bonds. The largest absolute Gasteiger partial charge is 0.477 e. The van der Waals surface area contributed by atoms with E-state index in [4.69, 9.17) is 14.2 Å². The summed E-state index contributed by atoms with van der Waals surface area (Å²) in [6.07, 6.45) is 0.234. The van der Waals surface area contributed by atoms with Gasteiger partial charge in [0.1, 0.15) is 23.5 Å². The van der Waals surface area contributed by atoms with E-state index in [9.17, 15) is 14.9 Å². The number of amides is 1. The van der Waals surface area contributed by atoms with Crippen molar-refractivity contribution in [3.63, 3.8) is 0 Å². The third kappa shape index (κ3) is 4.36. The zero-order valence-corrected chi connectivity index (χ0v) is 15.0. The highest BCUT2D eigenvalue weighted by molar-refractivity contribution is 5.69. The van der Waals surface area contributed by atoms with Gasteiger partial charge in [0.05, 0.1) is 13.1 Å². The van der Waals surface area contributed by atoms with Crippen LogP contribution < -0.4 is 4.74 Å². The van der Waals surface area contributed by atoms with Gasteiger partial charge in [-0.15, -0.1) is 0 Å². The summed E-state index contributed by atoms with van der Waals surface area (Å²) < 4.78 is 16.7. The number of methoxy groups -OCH3 is 1. The molecule has 0 bridgehead atoms. The predicted octanol–water partition coefficient (Wildman–Crippen LogP) is 2.39. The molecule has 2 unspecified atom stereocenters. The Balaban J connectivity index is 2.20. The van der Waals surface area contributed by atoms with Crippen LogP contribution in [-0.4, -0.2) is 58.4 Å². The zero-order valence-electron chi connectivity index (χ0n) is 15.0. The van der Waals surface area contributed by atoms with E-state index in [1.165, 1.54) is 24.3 Å². The third-order valence-electron chi connectivity index (χ3n) is 3.88. The first-order valence-electron chi connectivity index (χ1n) is 7.85. The number of nitro groups is 1. The molecule has 1 aliphatic rings. The number of carbonyl (C=O) groups is 1. The lowest BCUT2D eigenvalue weighted by Crippen LogP contribution is -2.44. The van der Waals surface area contributed by atoms with Crippen molar-refractivity contribution in [3.05, 3.63) is 28.4 Å². The summed E-state index contributed by atoms with van der Waals surface area (Å²) in [5.41, 5.74) is -1.46. The topological polar surface area (TPSA) is 104 Å². The second-order valence-electron chi connectivity index (χ2n) is 7.07. The summed E-state index contributed by atoms with van der Waals surface area (Å²) in [6.45, 7) is 7.56. The summed E-state index contributed by atoms with van der Waals surface area (Å²) in [4.78, 5) is 28.0. The fraction of sp³-hybridized carbons (Fsp3) is 0.625. The molecule has 1 aromatic rings. The summed E-state index contributed by atoms with van der Waals surface area (Å²) >= 11 is 0. The van der Waals surface area contributed by atoms with Gasteiger partial charge in [-0.05, 0) is 49.7 Å². The van der Waals surface area contributed by atoms with Crippen LogP contribution in [0.2, 0.25) is 0 Å². The Hall–Kier alpha value is -2.42. The SMILES string of the molecule is COC1(C)CN(C(=O)OC(C)(C)C)CC1Oc1cccnc1[N+](=O)[O-]. The summed E-state index contributed by atoms with van der Waals surface area (Å²) in [6, 6.07) is 3.02. The van der Waals surface area contributed by atoms with E-state index in [1.807, 2.05) is 0 Å². The molecule has 9 heteroatoms. The highest BCUT2D eigenvalue weighted by atomic mass is 16.6. The molecule has 1 aromatic heterocycles. The molecule has 0 spiro atoms. The number of carbonyl (C=O) groups excluding carboxylic acids is 1. The maximum atomic E-state index is 12.3. The van der Waals surface area contributed by atoms with Gasteiger partial charge in [-0.3, -0.25) is 0 Å². The van der Waals surface area contributed by atoms with Gasteiger partial charge in [0.15, 0.2) is 0 Å². The fourth-order valence-electron chi connectivity index (χ4n) is 2.53. The summed E-state index contributed by atoms with van der Waals surface area (Å²) in [5.74, 6) is -0.344. The molecule has 1 aliphatic heterocycles. The van der Waals surface area contributed by atoms with E-state index in [2.05, 4.69) is 4.98 Å². The van der Waals surface area contributed by atoms with E-state index in [-0.39, 0.29) is 24.7 Å². The Labute approximate surface area is 146 Å². The van der Waals surface area contributed by atoms with E-state index in [1.54, 1.807) is 33.8 Å². The van der Waals surface area contributed by atoms with Gasteiger partial charge < -0.3 is 29.2 Å².